The Morgan fingerprint density at radius 3 is 2.86 bits per heavy atom. The van der Waals surface area contributed by atoms with Gasteiger partial charge in [0.15, 0.2) is 0 Å². The quantitative estimate of drug-likeness (QED) is 0.728. The molecule has 1 aliphatic rings. The van der Waals surface area contributed by atoms with Crippen LogP contribution >= 0.6 is 0 Å². The fourth-order valence-corrected chi connectivity index (χ4v) is 1.57. The summed E-state index contributed by atoms with van der Waals surface area (Å²) in [5.74, 6) is 0. The van der Waals surface area contributed by atoms with Gasteiger partial charge in [-0.1, -0.05) is 6.07 Å². The summed E-state index contributed by atoms with van der Waals surface area (Å²) in [4.78, 5) is 6.04. The molecule has 0 bridgehead atoms. The van der Waals surface area contributed by atoms with Gasteiger partial charge in [-0.3, -0.25) is 9.88 Å². The number of pyridine rings is 1. The molecule has 0 aromatic carbocycles. The smallest absolute Gasteiger partial charge is 0.141 e. The van der Waals surface area contributed by atoms with E-state index in [9.17, 15) is 0 Å². The molecule has 1 saturated heterocycles. The van der Waals surface area contributed by atoms with Crippen molar-refractivity contribution in [2.75, 3.05) is 13.1 Å². The Bertz CT molecular complexity index is 340. The Hall–Kier alpha value is -1.44. The zero-order valence-corrected chi connectivity index (χ0v) is 7.67. The van der Waals surface area contributed by atoms with Crippen LogP contribution in [-0.4, -0.2) is 34.2 Å². The third kappa shape index (κ3) is 1.60. The summed E-state index contributed by atoms with van der Waals surface area (Å²) in [6.07, 6.45) is 1.39. The number of aromatic nitrogens is 1. The summed E-state index contributed by atoms with van der Waals surface area (Å²) in [6.45, 7) is 1.13. The highest BCUT2D eigenvalue weighted by Crippen LogP contribution is 2.23. The number of aliphatic hydroxyl groups excluding tert-OH is 1. The van der Waals surface area contributed by atoms with Crippen LogP contribution in [0, 0.1) is 11.3 Å². The third-order valence-electron chi connectivity index (χ3n) is 2.35. The van der Waals surface area contributed by atoms with Crippen LogP contribution in [0.3, 0.4) is 0 Å². The first-order chi connectivity index (χ1) is 6.81. The molecule has 2 heterocycles. The van der Waals surface area contributed by atoms with Crippen LogP contribution in [0.1, 0.15) is 11.7 Å². The number of nitriles is 1. The predicted octanol–water partition coefficient (Wildman–Crippen LogP) is 0.323. The van der Waals surface area contributed by atoms with Crippen LogP contribution in [0.4, 0.5) is 0 Å². The van der Waals surface area contributed by atoms with Gasteiger partial charge in [-0.25, -0.2) is 0 Å². The highest BCUT2D eigenvalue weighted by molar-refractivity contribution is 5.17. The van der Waals surface area contributed by atoms with E-state index in [0.29, 0.717) is 13.1 Å². The fourth-order valence-electron chi connectivity index (χ4n) is 1.57. The van der Waals surface area contributed by atoms with Gasteiger partial charge < -0.3 is 5.11 Å². The van der Waals surface area contributed by atoms with Gasteiger partial charge in [-0.05, 0) is 12.1 Å². The zero-order chi connectivity index (χ0) is 9.97. The van der Waals surface area contributed by atoms with E-state index in [1.54, 1.807) is 6.20 Å². The van der Waals surface area contributed by atoms with E-state index in [4.69, 9.17) is 10.4 Å². The van der Waals surface area contributed by atoms with Crippen molar-refractivity contribution in [3.05, 3.63) is 30.1 Å². The Morgan fingerprint density at radius 1 is 1.57 bits per heavy atom. The van der Waals surface area contributed by atoms with Gasteiger partial charge in [0, 0.05) is 19.3 Å². The van der Waals surface area contributed by atoms with Gasteiger partial charge in [-0.2, -0.15) is 5.26 Å². The molecular formula is C10H11N3O. The van der Waals surface area contributed by atoms with Crippen molar-refractivity contribution in [3.8, 4) is 6.07 Å². The minimum Gasteiger partial charge on any atom is -0.390 e. The van der Waals surface area contributed by atoms with Crippen molar-refractivity contribution in [3.63, 3.8) is 0 Å². The van der Waals surface area contributed by atoms with Crippen LogP contribution < -0.4 is 0 Å². The van der Waals surface area contributed by atoms with Crippen LogP contribution in [0.25, 0.3) is 0 Å². The first kappa shape index (κ1) is 9.13. The molecule has 1 aromatic rings. The molecule has 1 aliphatic heterocycles. The van der Waals surface area contributed by atoms with Crippen molar-refractivity contribution in [2.24, 2.45) is 0 Å². The lowest BCUT2D eigenvalue weighted by molar-refractivity contribution is -0.0135. The molecule has 0 amide bonds. The second-order valence-corrected chi connectivity index (χ2v) is 3.39. The summed E-state index contributed by atoms with van der Waals surface area (Å²) in [7, 11) is 0. The number of likely N-dealkylation sites (tertiary alicyclic amines) is 1. The molecule has 1 unspecified atom stereocenters. The van der Waals surface area contributed by atoms with E-state index in [-0.39, 0.29) is 12.1 Å². The number of hydrogen-bond donors (Lipinski definition) is 1. The summed E-state index contributed by atoms with van der Waals surface area (Å²) >= 11 is 0. The lowest BCUT2D eigenvalue weighted by Crippen LogP contribution is -2.51. The Morgan fingerprint density at radius 2 is 2.36 bits per heavy atom. The summed E-state index contributed by atoms with van der Waals surface area (Å²) in [5, 5.41) is 18.1. The standard InChI is InChI=1S/C10H11N3O/c11-5-10(13-6-8(14)7-13)9-3-1-2-4-12-9/h1-4,8,10,14H,6-7H2. The topological polar surface area (TPSA) is 60.2 Å². The predicted molar refractivity (Wildman–Crippen MR) is 50.2 cm³/mol. The maximum absolute atomic E-state index is 9.14. The molecular weight excluding hydrogens is 178 g/mol. The van der Waals surface area contributed by atoms with Crippen molar-refractivity contribution in [1.82, 2.24) is 9.88 Å². The fraction of sp³-hybridized carbons (Fsp3) is 0.400. The van der Waals surface area contributed by atoms with E-state index in [1.165, 1.54) is 0 Å². The van der Waals surface area contributed by atoms with Crippen molar-refractivity contribution >= 4 is 0 Å². The van der Waals surface area contributed by atoms with Crippen molar-refractivity contribution in [1.29, 1.82) is 5.26 Å². The van der Waals surface area contributed by atoms with E-state index in [0.717, 1.165) is 5.69 Å². The molecule has 4 heteroatoms. The highest BCUT2D eigenvalue weighted by Gasteiger charge is 2.32. The maximum atomic E-state index is 9.14. The van der Waals surface area contributed by atoms with Gasteiger partial charge >= 0.3 is 0 Å². The Labute approximate surface area is 82.4 Å². The lowest BCUT2D eigenvalue weighted by Gasteiger charge is -2.38. The van der Waals surface area contributed by atoms with E-state index in [2.05, 4.69) is 11.1 Å². The second kappa shape index (κ2) is 3.74. The molecule has 14 heavy (non-hydrogen) atoms. The van der Waals surface area contributed by atoms with Crippen LogP contribution in [0.15, 0.2) is 24.4 Å². The zero-order valence-electron chi connectivity index (χ0n) is 7.67. The molecule has 0 spiro atoms. The first-order valence-electron chi connectivity index (χ1n) is 4.54. The number of aliphatic hydroxyl groups is 1. The number of rotatable bonds is 2. The van der Waals surface area contributed by atoms with Gasteiger partial charge in [-0.15, -0.1) is 0 Å². The molecule has 2 rings (SSSR count). The molecule has 4 nitrogen and oxygen atoms in total. The summed E-state index contributed by atoms with van der Waals surface area (Å²) in [6, 6.07) is 7.39. The number of hydrogen-bond acceptors (Lipinski definition) is 4. The maximum Gasteiger partial charge on any atom is 0.141 e. The molecule has 1 N–H and O–H groups in total. The first-order valence-corrected chi connectivity index (χ1v) is 4.54. The van der Waals surface area contributed by atoms with Crippen molar-refractivity contribution in [2.45, 2.75) is 12.1 Å². The van der Waals surface area contributed by atoms with Gasteiger partial charge in [0.2, 0.25) is 0 Å². The minimum atomic E-state index is -0.320. The molecule has 1 atom stereocenters. The Balaban J connectivity index is 2.12. The van der Waals surface area contributed by atoms with Crippen LogP contribution in [-0.2, 0) is 0 Å². The van der Waals surface area contributed by atoms with E-state index < -0.39 is 0 Å². The molecule has 72 valence electrons. The highest BCUT2D eigenvalue weighted by atomic mass is 16.3. The summed E-state index contributed by atoms with van der Waals surface area (Å²) < 4.78 is 0. The van der Waals surface area contributed by atoms with Crippen molar-refractivity contribution < 1.29 is 5.11 Å². The summed E-state index contributed by atoms with van der Waals surface area (Å²) in [5.41, 5.74) is 0.752. The van der Waals surface area contributed by atoms with Gasteiger partial charge in [0.25, 0.3) is 0 Å². The monoisotopic (exact) mass is 189 g/mol. The Kier molecular flexibility index (Phi) is 2.44. The SMILES string of the molecule is N#CC(c1ccccn1)N1CC(O)C1. The minimum absolute atomic E-state index is 0.283. The average molecular weight is 189 g/mol. The molecule has 1 fully saturated rings. The number of nitrogens with zero attached hydrogens (tertiary/aromatic N) is 3. The largest absolute Gasteiger partial charge is 0.390 e. The molecule has 1 aromatic heterocycles. The van der Waals surface area contributed by atoms with Gasteiger partial charge in [0.1, 0.15) is 6.04 Å². The number of β-amino-alcohol motifs (C(OH)–C–C–N with tert-alkyl or cyclic N) is 1. The molecule has 0 aliphatic carbocycles. The third-order valence-corrected chi connectivity index (χ3v) is 2.35. The van der Waals surface area contributed by atoms with Crippen LogP contribution in [0.2, 0.25) is 0 Å². The molecule has 0 saturated carbocycles. The van der Waals surface area contributed by atoms with E-state index >= 15 is 0 Å². The van der Waals surface area contributed by atoms with Gasteiger partial charge in [0.05, 0.1) is 17.9 Å². The van der Waals surface area contributed by atoms with Crippen LogP contribution in [0.5, 0.6) is 0 Å². The second-order valence-electron chi connectivity index (χ2n) is 3.39. The lowest BCUT2D eigenvalue weighted by atomic mass is 10.1. The average Bonchev–Trinajstić information content (AvgIpc) is 2.18. The molecule has 0 radical (unpaired) electrons. The van der Waals surface area contributed by atoms with E-state index in [1.807, 2.05) is 23.1 Å². The normalized spacial score (nSPS) is 19.7.